The molecule has 2 aliphatic rings. The quantitative estimate of drug-likeness (QED) is 0.619. The van der Waals surface area contributed by atoms with Crippen molar-refractivity contribution in [3.05, 3.63) is 23.0 Å². The number of hydrogen-bond donors (Lipinski definition) is 0. The van der Waals surface area contributed by atoms with Gasteiger partial charge < -0.3 is 9.47 Å². The predicted octanol–water partition coefficient (Wildman–Crippen LogP) is 1.86. The van der Waals surface area contributed by atoms with Gasteiger partial charge in [-0.25, -0.2) is 12.7 Å². The Morgan fingerprint density at radius 2 is 1.56 bits per heavy atom. The minimum Gasteiger partial charge on any atom is -0.343 e. The van der Waals surface area contributed by atoms with Gasteiger partial charge >= 0.3 is 0 Å². The van der Waals surface area contributed by atoms with E-state index in [-0.39, 0.29) is 23.1 Å². The van der Waals surface area contributed by atoms with Crippen molar-refractivity contribution >= 4 is 21.7 Å². The first kappa shape index (κ1) is 24.9. The number of carbonyl (C=O) groups excluding carboxylic acids is 2. The number of piperidine rings is 1. The Morgan fingerprint density at radius 3 is 2.03 bits per heavy atom. The van der Waals surface area contributed by atoms with Crippen molar-refractivity contribution in [2.45, 2.75) is 53.0 Å². The molecular formula is C23H38N4O4S. The van der Waals surface area contributed by atoms with Gasteiger partial charge in [0.15, 0.2) is 5.78 Å². The number of hydrogen-bond acceptors (Lipinski definition) is 5. The van der Waals surface area contributed by atoms with Crippen LogP contribution >= 0.6 is 0 Å². The van der Waals surface area contributed by atoms with Crippen LogP contribution in [0.15, 0.2) is 6.07 Å². The molecule has 0 aromatic carbocycles. The van der Waals surface area contributed by atoms with Gasteiger partial charge in [-0.1, -0.05) is 0 Å². The number of carbonyl (C=O) groups is 2. The van der Waals surface area contributed by atoms with E-state index in [1.54, 1.807) is 0 Å². The average Bonchev–Trinajstić information content (AvgIpc) is 3.02. The third kappa shape index (κ3) is 5.43. The summed E-state index contributed by atoms with van der Waals surface area (Å²) in [6, 6.07) is 1.99. The molecule has 32 heavy (non-hydrogen) atoms. The lowest BCUT2D eigenvalue weighted by Crippen LogP contribution is -2.52. The number of sulfonamides is 1. The molecule has 3 rings (SSSR count). The third-order valence-corrected chi connectivity index (χ3v) is 8.03. The molecule has 1 amide bonds. The van der Waals surface area contributed by atoms with Crippen molar-refractivity contribution in [1.29, 1.82) is 0 Å². The number of aryl methyl sites for hydroxylation is 1. The van der Waals surface area contributed by atoms with Crippen LogP contribution in [0.3, 0.4) is 0 Å². The lowest BCUT2D eigenvalue weighted by molar-refractivity contribution is -0.138. The van der Waals surface area contributed by atoms with Gasteiger partial charge in [0, 0.05) is 67.7 Å². The molecule has 0 spiro atoms. The number of rotatable bonds is 5. The van der Waals surface area contributed by atoms with Gasteiger partial charge in [-0.15, -0.1) is 0 Å². The Hall–Kier alpha value is -1.71. The zero-order valence-electron chi connectivity index (χ0n) is 20.3. The molecule has 2 saturated heterocycles. The third-order valence-electron chi connectivity index (χ3n) is 6.73. The van der Waals surface area contributed by atoms with Crippen molar-refractivity contribution in [2.24, 2.45) is 5.92 Å². The molecule has 2 aliphatic heterocycles. The molecule has 9 heteroatoms. The first-order chi connectivity index (χ1) is 14.8. The Labute approximate surface area is 192 Å². The molecule has 0 N–H and O–H groups in total. The summed E-state index contributed by atoms with van der Waals surface area (Å²) in [5.41, 5.74) is 2.81. The van der Waals surface area contributed by atoms with E-state index in [4.69, 9.17) is 0 Å². The molecule has 0 bridgehead atoms. The zero-order chi connectivity index (χ0) is 23.8. The van der Waals surface area contributed by atoms with Gasteiger partial charge in [-0.3, -0.25) is 14.5 Å². The van der Waals surface area contributed by atoms with Crippen molar-refractivity contribution in [2.75, 3.05) is 52.1 Å². The molecule has 1 aromatic rings. The SMILES string of the molecule is Cc1cc(C(=O)CN2CCN(C(=O)C3CCN(S(C)(=O)=O)CC3)CC2)c(C)n1C(C)(C)C. The summed E-state index contributed by atoms with van der Waals surface area (Å²) in [7, 11) is -3.19. The lowest BCUT2D eigenvalue weighted by atomic mass is 9.96. The second kappa shape index (κ2) is 9.27. The highest BCUT2D eigenvalue weighted by Gasteiger charge is 2.33. The highest BCUT2D eigenvalue weighted by molar-refractivity contribution is 7.88. The minimum absolute atomic E-state index is 0.0733. The number of nitrogens with zero attached hydrogens (tertiary/aromatic N) is 4. The Bertz CT molecular complexity index is 961. The van der Waals surface area contributed by atoms with Crippen LogP contribution in [0.25, 0.3) is 0 Å². The average molecular weight is 467 g/mol. The zero-order valence-corrected chi connectivity index (χ0v) is 21.2. The van der Waals surface area contributed by atoms with Crippen LogP contribution in [-0.4, -0.2) is 90.8 Å². The smallest absolute Gasteiger partial charge is 0.225 e. The van der Waals surface area contributed by atoms with Crippen molar-refractivity contribution < 1.29 is 18.0 Å². The van der Waals surface area contributed by atoms with Crippen LogP contribution in [-0.2, 0) is 20.4 Å². The van der Waals surface area contributed by atoms with Crippen LogP contribution in [0.2, 0.25) is 0 Å². The fourth-order valence-corrected chi connectivity index (χ4v) is 6.06. The van der Waals surface area contributed by atoms with Crippen molar-refractivity contribution in [3.8, 4) is 0 Å². The van der Waals surface area contributed by atoms with Crippen LogP contribution in [0, 0.1) is 19.8 Å². The van der Waals surface area contributed by atoms with Crippen LogP contribution in [0.5, 0.6) is 0 Å². The molecule has 0 saturated carbocycles. The van der Waals surface area contributed by atoms with Crippen LogP contribution < -0.4 is 0 Å². The molecular weight excluding hydrogens is 428 g/mol. The molecule has 1 aromatic heterocycles. The summed E-state index contributed by atoms with van der Waals surface area (Å²) in [5, 5.41) is 0. The van der Waals surface area contributed by atoms with Crippen molar-refractivity contribution in [3.63, 3.8) is 0 Å². The number of piperazine rings is 1. The summed E-state index contributed by atoms with van der Waals surface area (Å²) in [6.45, 7) is 14.2. The summed E-state index contributed by atoms with van der Waals surface area (Å²) in [4.78, 5) is 29.9. The van der Waals surface area contributed by atoms with E-state index in [1.165, 1.54) is 10.6 Å². The fourth-order valence-electron chi connectivity index (χ4n) is 5.18. The molecule has 0 atom stereocenters. The Balaban J connectivity index is 1.52. The van der Waals surface area contributed by atoms with Gasteiger partial charge in [0.2, 0.25) is 15.9 Å². The van der Waals surface area contributed by atoms with E-state index >= 15 is 0 Å². The van der Waals surface area contributed by atoms with Gasteiger partial charge in [0.1, 0.15) is 0 Å². The highest BCUT2D eigenvalue weighted by atomic mass is 32.2. The van der Waals surface area contributed by atoms with Gasteiger partial charge in [-0.2, -0.15) is 0 Å². The van der Waals surface area contributed by atoms with E-state index in [0.717, 1.165) is 17.0 Å². The number of aromatic nitrogens is 1. The second-order valence-electron chi connectivity index (χ2n) is 10.3. The van der Waals surface area contributed by atoms with Crippen LogP contribution in [0.4, 0.5) is 0 Å². The maximum Gasteiger partial charge on any atom is 0.225 e. The first-order valence-electron chi connectivity index (χ1n) is 11.5. The number of ketones is 1. The van der Waals surface area contributed by atoms with Gasteiger partial charge in [-0.05, 0) is 53.5 Å². The normalized spacial score (nSPS) is 20.0. The fraction of sp³-hybridized carbons (Fsp3) is 0.739. The Kier molecular flexibility index (Phi) is 7.22. The molecule has 0 aliphatic carbocycles. The maximum absolute atomic E-state index is 13.0. The van der Waals surface area contributed by atoms with E-state index in [2.05, 4.69) is 30.2 Å². The monoisotopic (exact) mass is 466 g/mol. The van der Waals surface area contributed by atoms with Crippen LogP contribution in [0.1, 0.15) is 55.4 Å². The topological polar surface area (TPSA) is 82.9 Å². The molecule has 8 nitrogen and oxygen atoms in total. The van der Waals surface area contributed by atoms with E-state index in [1.807, 2.05) is 24.8 Å². The maximum atomic E-state index is 13.0. The highest BCUT2D eigenvalue weighted by Crippen LogP contribution is 2.25. The lowest BCUT2D eigenvalue weighted by Gasteiger charge is -2.38. The molecule has 0 radical (unpaired) electrons. The summed E-state index contributed by atoms with van der Waals surface area (Å²) < 4.78 is 27.0. The largest absolute Gasteiger partial charge is 0.343 e. The number of Topliss-reactive ketones (excluding diaryl/α,β-unsaturated/α-hetero) is 1. The minimum atomic E-state index is -3.19. The number of amides is 1. The first-order valence-corrected chi connectivity index (χ1v) is 13.3. The van der Waals surface area contributed by atoms with Gasteiger partial charge in [0.05, 0.1) is 12.8 Å². The molecule has 3 heterocycles. The predicted molar refractivity (Wildman–Crippen MR) is 125 cm³/mol. The Morgan fingerprint density at radius 1 is 1.00 bits per heavy atom. The van der Waals surface area contributed by atoms with E-state index in [0.29, 0.717) is 58.7 Å². The van der Waals surface area contributed by atoms with E-state index < -0.39 is 10.0 Å². The standard InChI is InChI=1S/C23H38N4O4S/c1-17-15-20(18(2)27(17)23(3,4)5)21(28)16-24-11-13-25(14-12-24)22(29)19-7-9-26(10-8-19)32(6,30)31/h15,19H,7-14,16H2,1-6H3. The molecule has 2 fully saturated rings. The van der Waals surface area contributed by atoms with Gasteiger partial charge in [0.25, 0.3) is 0 Å². The summed E-state index contributed by atoms with van der Waals surface area (Å²) in [6.07, 6.45) is 2.37. The molecule has 180 valence electrons. The van der Waals surface area contributed by atoms with Crippen molar-refractivity contribution in [1.82, 2.24) is 18.7 Å². The second-order valence-corrected chi connectivity index (χ2v) is 12.2. The summed E-state index contributed by atoms with van der Waals surface area (Å²) in [5.74, 6) is 0.142. The van der Waals surface area contributed by atoms with E-state index in [9.17, 15) is 18.0 Å². The molecule has 0 unspecified atom stereocenters. The summed E-state index contributed by atoms with van der Waals surface area (Å²) >= 11 is 0.